The molecule has 0 atom stereocenters. The summed E-state index contributed by atoms with van der Waals surface area (Å²) in [4.78, 5) is 23.4. The highest BCUT2D eigenvalue weighted by Gasteiger charge is 2.06. The molecular formula is C10H10O4S2. The van der Waals surface area contributed by atoms with Gasteiger partial charge in [0.2, 0.25) is 0 Å². The topological polar surface area (TPSA) is 52.6 Å². The Morgan fingerprint density at radius 2 is 1.19 bits per heavy atom. The van der Waals surface area contributed by atoms with E-state index in [1.807, 2.05) is 0 Å². The van der Waals surface area contributed by atoms with Crippen LogP contribution in [0.4, 0.5) is 9.59 Å². The van der Waals surface area contributed by atoms with E-state index in [-0.39, 0.29) is 10.6 Å². The normalized spacial score (nSPS) is 9.62. The van der Waals surface area contributed by atoms with Crippen molar-refractivity contribution >= 4 is 34.1 Å². The van der Waals surface area contributed by atoms with E-state index >= 15 is 0 Å². The molecule has 0 spiro atoms. The minimum atomic E-state index is -0.367. The Balaban J connectivity index is 2.60. The fraction of sp³-hybridized carbons (Fsp3) is 0.200. The van der Waals surface area contributed by atoms with Crippen molar-refractivity contribution in [3.63, 3.8) is 0 Å². The average Bonchev–Trinajstić information content (AvgIpc) is 2.31. The summed E-state index contributed by atoms with van der Waals surface area (Å²) in [5.41, 5.74) is 0. The smallest absolute Gasteiger partial charge is 0.371 e. The van der Waals surface area contributed by atoms with Gasteiger partial charge in [-0.3, -0.25) is 0 Å². The van der Waals surface area contributed by atoms with Crippen LogP contribution < -0.4 is 0 Å². The van der Waals surface area contributed by atoms with Gasteiger partial charge in [-0.05, 0) is 47.8 Å². The molecule has 0 heterocycles. The third-order valence-corrected chi connectivity index (χ3v) is 3.24. The highest BCUT2D eigenvalue weighted by molar-refractivity contribution is 8.13. The molecular weight excluding hydrogens is 248 g/mol. The third kappa shape index (κ3) is 4.16. The van der Waals surface area contributed by atoms with Gasteiger partial charge in [-0.15, -0.1) is 0 Å². The van der Waals surface area contributed by atoms with Crippen LogP contribution in [-0.2, 0) is 9.47 Å². The number of benzene rings is 1. The zero-order valence-corrected chi connectivity index (χ0v) is 10.4. The first kappa shape index (κ1) is 12.9. The van der Waals surface area contributed by atoms with Crippen LogP contribution >= 0.6 is 23.5 Å². The number of methoxy groups -OCH3 is 2. The molecule has 0 aliphatic carbocycles. The molecule has 0 radical (unpaired) electrons. The largest absolute Gasteiger partial charge is 0.461 e. The van der Waals surface area contributed by atoms with Crippen molar-refractivity contribution in [2.45, 2.75) is 9.79 Å². The van der Waals surface area contributed by atoms with E-state index < -0.39 is 0 Å². The molecule has 0 unspecified atom stereocenters. The van der Waals surface area contributed by atoms with Crippen molar-refractivity contribution in [3.8, 4) is 0 Å². The summed E-state index contributed by atoms with van der Waals surface area (Å²) in [7, 11) is 2.66. The first-order valence-corrected chi connectivity index (χ1v) is 5.90. The molecule has 4 nitrogen and oxygen atoms in total. The Bertz CT molecular complexity index is 338. The SMILES string of the molecule is COC(=O)Sc1ccc(SC(=O)OC)cc1. The van der Waals surface area contributed by atoms with Crippen LogP contribution in [0.1, 0.15) is 0 Å². The molecule has 0 aliphatic heterocycles. The molecule has 0 aromatic heterocycles. The molecule has 6 heteroatoms. The molecule has 0 bridgehead atoms. The van der Waals surface area contributed by atoms with Crippen molar-refractivity contribution in [2.24, 2.45) is 0 Å². The van der Waals surface area contributed by atoms with E-state index in [4.69, 9.17) is 0 Å². The van der Waals surface area contributed by atoms with Crippen LogP contribution in [0.5, 0.6) is 0 Å². The predicted octanol–water partition coefficient (Wildman–Crippen LogP) is 3.40. The van der Waals surface area contributed by atoms with E-state index in [9.17, 15) is 9.59 Å². The number of hydrogen-bond acceptors (Lipinski definition) is 6. The van der Waals surface area contributed by atoms with Gasteiger partial charge in [-0.2, -0.15) is 0 Å². The van der Waals surface area contributed by atoms with E-state index in [0.29, 0.717) is 0 Å². The van der Waals surface area contributed by atoms with Crippen molar-refractivity contribution in [1.29, 1.82) is 0 Å². The van der Waals surface area contributed by atoms with E-state index in [2.05, 4.69) is 9.47 Å². The lowest BCUT2D eigenvalue weighted by Crippen LogP contribution is -1.91. The number of hydrogen-bond donors (Lipinski definition) is 0. The number of rotatable bonds is 2. The highest BCUT2D eigenvalue weighted by Crippen LogP contribution is 2.25. The van der Waals surface area contributed by atoms with E-state index in [1.165, 1.54) is 14.2 Å². The van der Waals surface area contributed by atoms with Crippen LogP contribution in [-0.4, -0.2) is 24.8 Å². The fourth-order valence-corrected chi connectivity index (χ4v) is 1.95. The van der Waals surface area contributed by atoms with Gasteiger partial charge in [0, 0.05) is 9.79 Å². The lowest BCUT2D eigenvalue weighted by Gasteiger charge is -2.01. The van der Waals surface area contributed by atoms with Crippen LogP contribution in [0, 0.1) is 0 Å². The van der Waals surface area contributed by atoms with Gasteiger partial charge in [0.25, 0.3) is 0 Å². The maximum absolute atomic E-state index is 11.0. The van der Waals surface area contributed by atoms with Gasteiger partial charge >= 0.3 is 10.6 Å². The molecule has 86 valence electrons. The molecule has 0 N–H and O–H groups in total. The zero-order chi connectivity index (χ0) is 12.0. The summed E-state index contributed by atoms with van der Waals surface area (Å²) in [5.74, 6) is 0. The summed E-state index contributed by atoms with van der Waals surface area (Å²) in [6, 6.07) is 6.97. The second-order valence-corrected chi connectivity index (χ2v) is 4.60. The zero-order valence-electron chi connectivity index (χ0n) is 8.76. The molecule has 0 fully saturated rings. The molecule has 0 saturated carbocycles. The van der Waals surface area contributed by atoms with Crippen LogP contribution in [0.3, 0.4) is 0 Å². The minimum Gasteiger partial charge on any atom is -0.461 e. The van der Waals surface area contributed by atoms with Crippen LogP contribution in [0.25, 0.3) is 0 Å². The van der Waals surface area contributed by atoms with E-state index in [0.717, 1.165) is 33.3 Å². The van der Waals surface area contributed by atoms with Crippen molar-refractivity contribution in [1.82, 2.24) is 0 Å². The fourth-order valence-electron chi connectivity index (χ4n) is 0.852. The average molecular weight is 258 g/mol. The summed E-state index contributed by atoms with van der Waals surface area (Å²) in [5, 5.41) is -0.734. The number of carbonyl (C=O) groups is 2. The highest BCUT2D eigenvalue weighted by atomic mass is 32.2. The molecule has 1 rings (SSSR count). The van der Waals surface area contributed by atoms with Gasteiger partial charge in [0.1, 0.15) is 0 Å². The quantitative estimate of drug-likeness (QED) is 0.598. The lowest BCUT2D eigenvalue weighted by atomic mass is 10.4. The molecule has 0 amide bonds. The monoisotopic (exact) mass is 258 g/mol. The van der Waals surface area contributed by atoms with Crippen LogP contribution in [0.15, 0.2) is 34.1 Å². The van der Waals surface area contributed by atoms with Gasteiger partial charge in [-0.1, -0.05) is 0 Å². The second kappa shape index (κ2) is 6.44. The van der Waals surface area contributed by atoms with Crippen molar-refractivity contribution in [2.75, 3.05) is 14.2 Å². The first-order chi connectivity index (χ1) is 7.65. The predicted molar refractivity (Wildman–Crippen MR) is 63.0 cm³/mol. The van der Waals surface area contributed by atoms with Crippen molar-refractivity contribution in [3.05, 3.63) is 24.3 Å². The van der Waals surface area contributed by atoms with Crippen LogP contribution in [0.2, 0.25) is 0 Å². The first-order valence-electron chi connectivity index (χ1n) is 4.27. The Labute approximate surface area is 102 Å². The Hall–Kier alpha value is -1.14. The summed E-state index contributed by atoms with van der Waals surface area (Å²) in [6.07, 6.45) is 0. The third-order valence-electron chi connectivity index (χ3n) is 1.56. The minimum absolute atomic E-state index is 0.367. The van der Waals surface area contributed by atoms with Gasteiger partial charge < -0.3 is 9.47 Å². The van der Waals surface area contributed by atoms with Gasteiger partial charge in [0.15, 0.2) is 0 Å². The molecule has 0 aliphatic rings. The second-order valence-electron chi connectivity index (χ2n) is 2.58. The number of ether oxygens (including phenoxy) is 2. The maximum atomic E-state index is 11.0. The lowest BCUT2D eigenvalue weighted by molar-refractivity contribution is 0.199. The maximum Gasteiger partial charge on any atom is 0.371 e. The Kier molecular flexibility index (Phi) is 5.21. The molecule has 1 aromatic rings. The summed E-state index contributed by atoms with van der Waals surface area (Å²) >= 11 is 1.98. The molecule has 1 aromatic carbocycles. The molecule has 0 saturated heterocycles. The Morgan fingerprint density at radius 1 is 0.875 bits per heavy atom. The summed E-state index contributed by atoms with van der Waals surface area (Å²) in [6.45, 7) is 0. The number of carbonyl (C=O) groups excluding carboxylic acids is 2. The van der Waals surface area contributed by atoms with E-state index in [1.54, 1.807) is 24.3 Å². The number of thioether (sulfide) groups is 2. The molecule has 16 heavy (non-hydrogen) atoms. The summed E-state index contributed by atoms with van der Waals surface area (Å²) < 4.78 is 9.02. The Morgan fingerprint density at radius 3 is 1.44 bits per heavy atom. The van der Waals surface area contributed by atoms with Gasteiger partial charge in [0.05, 0.1) is 14.2 Å². The van der Waals surface area contributed by atoms with Crippen molar-refractivity contribution < 1.29 is 19.1 Å². The standard InChI is InChI=1S/C10H10O4S2/c1-13-9(11)15-7-3-5-8(6-4-7)16-10(12)14-2/h3-6H,1-2H3. The van der Waals surface area contributed by atoms with Gasteiger partial charge in [-0.25, -0.2) is 9.59 Å².